The van der Waals surface area contributed by atoms with Crippen molar-refractivity contribution in [3.8, 4) is 22.6 Å². The molecule has 4 nitrogen and oxygen atoms in total. The number of hydrogen-bond acceptors (Lipinski definition) is 5. The zero-order valence-electron chi connectivity index (χ0n) is 25.6. The highest BCUT2D eigenvalue weighted by molar-refractivity contribution is 7.26. The maximum absolute atomic E-state index is 6.62. The van der Waals surface area contributed by atoms with Gasteiger partial charge in [-0.2, -0.15) is 0 Å². The van der Waals surface area contributed by atoms with Crippen LogP contribution in [0.15, 0.2) is 167 Å². The monoisotopic (exact) mass is 634 g/mol. The van der Waals surface area contributed by atoms with E-state index in [0.29, 0.717) is 5.89 Å². The van der Waals surface area contributed by atoms with Crippen molar-refractivity contribution in [2.75, 3.05) is 4.90 Å². The second-order valence-corrected chi connectivity index (χ2v) is 13.0. The van der Waals surface area contributed by atoms with Crippen LogP contribution in [-0.2, 0) is 0 Å². The summed E-state index contributed by atoms with van der Waals surface area (Å²) >= 11 is 1.79. The molecule has 0 fully saturated rings. The number of oxazole rings is 1. The van der Waals surface area contributed by atoms with Crippen LogP contribution >= 0.6 is 11.3 Å². The molecule has 0 aliphatic heterocycles. The van der Waals surface area contributed by atoms with Crippen LogP contribution in [0.2, 0.25) is 0 Å². The molecule has 48 heavy (non-hydrogen) atoms. The Balaban J connectivity index is 1.22. The molecule has 0 bridgehead atoms. The first kappa shape index (κ1) is 27.0. The van der Waals surface area contributed by atoms with Crippen molar-refractivity contribution in [2.24, 2.45) is 0 Å². The summed E-state index contributed by atoms with van der Waals surface area (Å²) < 4.78 is 15.3. The first-order valence-corrected chi connectivity index (χ1v) is 16.8. The van der Waals surface area contributed by atoms with Gasteiger partial charge in [0.25, 0.3) is 0 Å². The highest BCUT2D eigenvalue weighted by atomic mass is 32.1. The SMILES string of the molecule is c1ccc(-c2ccccc2N(c2ccc3c(c2)sc2cccc(-c4nc5ccccc5o4)c23)c2cccc3c2oc2ccccc23)cc1. The topological polar surface area (TPSA) is 42.4 Å². The van der Waals surface area contributed by atoms with Gasteiger partial charge in [-0.3, -0.25) is 0 Å². The van der Waals surface area contributed by atoms with Crippen molar-refractivity contribution < 1.29 is 8.83 Å². The lowest BCUT2D eigenvalue weighted by atomic mass is 10.0. The molecule has 0 amide bonds. The first-order chi connectivity index (χ1) is 23.8. The van der Waals surface area contributed by atoms with E-state index in [1.54, 1.807) is 11.3 Å². The largest absolute Gasteiger partial charge is 0.454 e. The first-order valence-electron chi connectivity index (χ1n) is 16.0. The molecule has 0 atom stereocenters. The number of fused-ring (bicyclic) bond motifs is 7. The van der Waals surface area contributed by atoms with E-state index in [9.17, 15) is 0 Å². The minimum atomic E-state index is 0.639. The zero-order chi connectivity index (χ0) is 31.6. The van der Waals surface area contributed by atoms with E-state index in [1.807, 2.05) is 36.4 Å². The number of rotatable bonds is 5. The quantitative estimate of drug-likeness (QED) is 0.189. The Bertz CT molecular complexity index is 2780. The molecule has 3 aromatic heterocycles. The van der Waals surface area contributed by atoms with E-state index in [-0.39, 0.29) is 0 Å². The van der Waals surface area contributed by atoms with Crippen LogP contribution in [0.4, 0.5) is 17.1 Å². The molecular formula is C43H26N2O2S. The summed E-state index contributed by atoms with van der Waals surface area (Å²) in [4.78, 5) is 7.20. The normalized spacial score (nSPS) is 11.8. The lowest BCUT2D eigenvalue weighted by Gasteiger charge is -2.28. The zero-order valence-corrected chi connectivity index (χ0v) is 26.4. The van der Waals surface area contributed by atoms with Crippen LogP contribution in [0, 0.1) is 0 Å². The Morgan fingerprint density at radius 1 is 0.500 bits per heavy atom. The Morgan fingerprint density at radius 2 is 1.23 bits per heavy atom. The molecular weight excluding hydrogens is 609 g/mol. The fourth-order valence-corrected chi connectivity index (χ4v) is 8.13. The van der Waals surface area contributed by atoms with E-state index in [1.165, 1.54) is 14.8 Å². The van der Waals surface area contributed by atoms with Crippen LogP contribution in [0.3, 0.4) is 0 Å². The standard InChI is InChI=1S/C43H26N2O2S/c1-2-12-27(13-3-1)29-14-4-7-19-35(29)45(36-20-10-16-31-30-15-5-8-21-37(30)46-42(31)36)28-24-25-32-40(26-28)48-39-23-11-17-33(41(32)39)43-44-34-18-6-9-22-38(34)47-43/h1-26H. The van der Waals surface area contributed by atoms with Gasteiger partial charge < -0.3 is 13.7 Å². The third-order valence-corrected chi connectivity index (χ3v) is 10.2. The predicted octanol–water partition coefficient (Wildman–Crippen LogP) is 12.9. The van der Waals surface area contributed by atoms with Gasteiger partial charge in [-0.05, 0) is 60.2 Å². The fourth-order valence-electron chi connectivity index (χ4n) is 6.97. The van der Waals surface area contributed by atoms with Gasteiger partial charge in [-0.1, -0.05) is 103 Å². The van der Waals surface area contributed by atoms with Gasteiger partial charge in [0.15, 0.2) is 11.2 Å². The summed E-state index contributed by atoms with van der Waals surface area (Å²) in [5.41, 5.74) is 9.79. The maximum Gasteiger partial charge on any atom is 0.227 e. The molecule has 0 radical (unpaired) electrons. The Hall–Kier alpha value is -6.17. The lowest BCUT2D eigenvalue weighted by Crippen LogP contribution is -2.11. The van der Waals surface area contributed by atoms with Crippen molar-refractivity contribution in [1.29, 1.82) is 0 Å². The molecule has 0 saturated heterocycles. The molecule has 0 spiro atoms. The average molecular weight is 635 g/mol. The second kappa shape index (κ2) is 10.7. The molecule has 7 aromatic carbocycles. The molecule has 0 aliphatic rings. The van der Waals surface area contributed by atoms with Gasteiger partial charge in [-0.25, -0.2) is 4.98 Å². The Kier molecular flexibility index (Phi) is 6.01. The van der Waals surface area contributed by atoms with Crippen molar-refractivity contribution >= 4 is 81.6 Å². The number of para-hydroxylation sites is 5. The molecule has 10 aromatic rings. The fraction of sp³-hybridized carbons (Fsp3) is 0. The third-order valence-electron chi connectivity index (χ3n) is 9.12. The van der Waals surface area contributed by atoms with E-state index in [0.717, 1.165) is 72.2 Å². The van der Waals surface area contributed by atoms with Crippen LogP contribution < -0.4 is 4.90 Å². The minimum absolute atomic E-state index is 0.639. The Morgan fingerprint density at radius 3 is 2.15 bits per heavy atom. The number of aromatic nitrogens is 1. The van der Waals surface area contributed by atoms with Crippen molar-refractivity contribution in [1.82, 2.24) is 4.98 Å². The van der Waals surface area contributed by atoms with Gasteiger partial charge in [0.1, 0.15) is 11.1 Å². The highest BCUT2D eigenvalue weighted by Crippen LogP contribution is 2.48. The van der Waals surface area contributed by atoms with Crippen LogP contribution in [0.5, 0.6) is 0 Å². The number of thiophene rings is 1. The summed E-state index contributed by atoms with van der Waals surface area (Å²) in [5, 5.41) is 4.54. The number of anilines is 3. The van der Waals surface area contributed by atoms with Crippen LogP contribution in [0.25, 0.3) is 75.8 Å². The van der Waals surface area contributed by atoms with Gasteiger partial charge in [0, 0.05) is 47.8 Å². The van der Waals surface area contributed by atoms with Gasteiger partial charge in [0.05, 0.1) is 11.4 Å². The van der Waals surface area contributed by atoms with Gasteiger partial charge in [-0.15, -0.1) is 11.3 Å². The number of furan rings is 1. The second-order valence-electron chi connectivity index (χ2n) is 11.9. The number of hydrogen-bond donors (Lipinski definition) is 0. The minimum Gasteiger partial charge on any atom is -0.454 e. The van der Waals surface area contributed by atoms with Crippen LogP contribution in [-0.4, -0.2) is 4.98 Å². The third kappa shape index (κ3) is 4.18. The molecule has 0 aliphatic carbocycles. The van der Waals surface area contributed by atoms with E-state index in [2.05, 4.69) is 126 Å². The van der Waals surface area contributed by atoms with Gasteiger partial charge in [0.2, 0.25) is 5.89 Å². The summed E-state index contributed by atoms with van der Waals surface area (Å²) in [6.07, 6.45) is 0. The molecule has 3 heterocycles. The molecule has 0 N–H and O–H groups in total. The molecule has 10 rings (SSSR count). The van der Waals surface area contributed by atoms with E-state index in [4.69, 9.17) is 13.8 Å². The van der Waals surface area contributed by atoms with Crippen LogP contribution in [0.1, 0.15) is 0 Å². The maximum atomic E-state index is 6.62. The molecule has 5 heteroatoms. The number of benzene rings is 7. The highest BCUT2D eigenvalue weighted by Gasteiger charge is 2.23. The molecule has 0 saturated carbocycles. The molecule has 226 valence electrons. The summed E-state index contributed by atoms with van der Waals surface area (Å²) in [7, 11) is 0. The molecule has 0 unspecified atom stereocenters. The van der Waals surface area contributed by atoms with Gasteiger partial charge >= 0.3 is 0 Å². The average Bonchev–Trinajstić information content (AvgIpc) is 3.86. The van der Waals surface area contributed by atoms with Crippen molar-refractivity contribution in [3.05, 3.63) is 158 Å². The van der Waals surface area contributed by atoms with E-state index >= 15 is 0 Å². The van der Waals surface area contributed by atoms with E-state index < -0.39 is 0 Å². The smallest absolute Gasteiger partial charge is 0.227 e. The summed E-state index contributed by atoms with van der Waals surface area (Å²) in [5.74, 6) is 0.639. The van der Waals surface area contributed by atoms with Crippen molar-refractivity contribution in [3.63, 3.8) is 0 Å². The number of nitrogens with zero attached hydrogens (tertiary/aromatic N) is 2. The Labute approximate surface area is 279 Å². The summed E-state index contributed by atoms with van der Waals surface area (Å²) in [6, 6.07) is 55.0. The summed E-state index contributed by atoms with van der Waals surface area (Å²) in [6.45, 7) is 0. The predicted molar refractivity (Wildman–Crippen MR) is 200 cm³/mol. The van der Waals surface area contributed by atoms with Crippen molar-refractivity contribution in [2.45, 2.75) is 0 Å². The lowest BCUT2D eigenvalue weighted by molar-refractivity contribution is 0.620.